The van der Waals surface area contributed by atoms with Crippen LogP contribution in [0.25, 0.3) is 11.3 Å². The van der Waals surface area contributed by atoms with Gasteiger partial charge in [-0.15, -0.1) is 11.3 Å². The van der Waals surface area contributed by atoms with Crippen LogP contribution in [0.2, 0.25) is 0 Å². The number of hydrogen-bond acceptors (Lipinski definition) is 5. The molecule has 1 aromatic carbocycles. The van der Waals surface area contributed by atoms with Gasteiger partial charge in [0.2, 0.25) is 0 Å². The molecule has 0 amide bonds. The molecule has 0 radical (unpaired) electrons. The molecule has 2 heterocycles. The van der Waals surface area contributed by atoms with Crippen LogP contribution in [-0.4, -0.2) is 37.8 Å². The van der Waals surface area contributed by atoms with Crippen LogP contribution in [0, 0.1) is 0 Å². The zero-order valence-corrected chi connectivity index (χ0v) is 12.2. The fourth-order valence-corrected chi connectivity index (χ4v) is 3.50. The molecule has 20 heavy (non-hydrogen) atoms. The standard InChI is InChI=1S/C15H19N3OS/c16-7-6-13-14(12-4-2-1-3-5-12)17-15(20-13)18-8-10-19-11-9-18/h1-5H,6-11,16H2. The first-order valence-corrected chi connectivity index (χ1v) is 7.78. The highest BCUT2D eigenvalue weighted by Gasteiger charge is 2.18. The SMILES string of the molecule is NCCc1sc(N2CCOCC2)nc1-c1ccccc1. The van der Waals surface area contributed by atoms with Crippen LogP contribution in [0.4, 0.5) is 5.13 Å². The molecular formula is C15H19N3OS. The van der Waals surface area contributed by atoms with Gasteiger partial charge >= 0.3 is 0 Å². The number of anilines is 1. The minimum atomic E-state index is 0.657. The number of rotatable bonds is 4. The maximum atomic E-state index is 5.74. The number of ether oxygens (including phenoxy) is 1. The van der Waals surface area contributed by atoms with Crippen molar-refractivity contribution in [2.24, 2.45) is 5.73 Å². The predicted octanol–water partition coefficient (Wildman–Crippen LogP) is 2.15. The third-order valence-electron chi connectivity index (χ3n) is 3.39. The summed E-state index contributed by atoms with van der Waals surface area (Å²) in [5, 5.41) is 1.09. The molecule has 0 bridgehead atoms. The zero-order chi connectivity index (χ0) is 13.8. The Bertz CT molecular complexity index is 550. The van der Waals surface area contributed by atoms with Crippen molar-refractivity contribution in [3.05, 3.63) is 35.2 Å². The van der Waals surface area contributed by atoms with Crippen LogP contribution in [-0.2, 0) is 11.2 Å². The Balaban J connectivity index is 1.93. The first kappa shape index (κ1) is 13.5. The lowest BCUT2D eigenvalue weighted by Crippen LogP contribution is -2.36. The van der Waals surface area contributed by atoms with Crippen LogP contribution in [0.1, 0.15) is 4.88 Å². The van der Waals surface area contributed by atoms with E-state index in [9.17, 15) is 0 Å². The normalized spacial score (nSPS) is 15.6. The lowest BCUT2D eigenvalue weighted by atomic mass is 10.1. The first-order valence-electron chi connectivity index (χ1n) is 6.96. The Morgan fingerprint density at radius 1 is 1.20 bits per heavy atom. The molecule has 1 aromatic heterocycles. The smallest absolute Gasteiger partial charge is 0.186 e. The second-order valence-corrected chi connectivity index (χ2v) is 5.83. The Morgan fingerprint density at radius 2 is 1.95 bits per heavy atom. The molecule has 2 aromatic rings. The molecule has 0 aliphatic carbocycles. The summed E-state index contributed by atoms with van der Waals surface area (Å²) < 4.78 is 5.41. The van der Waals surface area contributed by atoms with Crippen LogP contribution >= 0.6 is 11.3 Å². The third kappa shape index (κ3) is 2.85. The van der Waals surface area contributed by atoms with Gasteiger partial charge in [0.25, 0.3) is 0 Å². The molecule has 2 N–H and O–H groups in total. The van der Waals surface area contributed by atoms with E-state index in [2.05, 4.69) is 29.2 Å². The van der Waals surface area contributed by atoms with Gasteiger partial charge in [-0.1, -0.05) is 30.3 Å². The summed E-state index contributed by atoms with van der Waals surface area (Å²) in [5.74, 6) is 0. The molecule has 106 valence electrons. The summed E-state index contributed by atoms with van der Waals surface area (Å²) in [5.41, 5.74) is 8.00. The number of hydrogen-bond donors (Lipinski definition) is 1. The Kier molecular flexibility index (Phi) is 4.30. The van der Waals surface area contributed by atoms with Gasteiger partial charge in [0, 0.05) is 23.5 Å². The van der Waals surface area contributed by atoms with Gasteiger partial charge < -0.3 is 15.4 Å². The summed E-state index contributed by atoms with van der Waals surface area (Å²) in [7, 11) is 0. The molecule has 1 saturated heterocycles. The molecule has 1 aliphatic rings. The summed E-state index contributed by atoms with van der Waals surface area (Å²) in [4.78, 5) is 8.44. The lowest BCUT2D eigenvalue weighted by molar-refractivity contribution is 0.122. The van der Waals surface area contributed by atoms with Gasteiger partial charge in [0.15, 0.2) is 5.13 Å². The number of thiazole rings is 1. The van der Waals surface area contributed by atoms with Gasteiger partial charge in [-0.3, -0.25) is 0 Å². The number of nitrogens with two attached hydrogens (primary N) is 1. The quantitative estimate of drug-likeness (QED) is 0.937. The van der Waals surface area contributed by atoms with Crippen LogP contribution in [0.5, 0.6) is 0 Å². The summed E-state index contributed by atoms with van der Waals surface area (Å²) >= 11 is 1.76. The highest BCUT2D eigenvalue weighted by molar-refractivity contribution is 7.16. The zero-order valence-electron chi connectivity index (χ0n) is 11.4. The van der Waals surface area contributed by atoms with Crippen molar-refractivity contribution >= 4 is 16.5 Å². The van der Waals surface area contributed by atoms with Crippen molar-refractivity contribution in [3.8, 4) is 11.3 Å². The summed E-state index contributed by atoms with van der Waals surface area (Å²) in [6, 6.07) is 10.3. The number of morpholine rings is 1. The lowest BCUT2D eigenvalue weighted by Gasteiger charge is -2.26. The molecule has 0 spiro atoms. The number of aromatic nitrogens is 1. The predicted molar refractivity (Wildman–Crippen MR) is 83.3 cm³/mol. The van der Waals surface area contributed by atoms with Crippen molar-refractivity contribution in [2.45, 2.75) is 6.42 Å². The van der Waals surface area contributed by atoms with Gasteiger partial charge in [0.1, 0.15) is 0 Å². The molecule has 1 aliphatic heterocycles. The summed E-state index contributed by atoms with van der Waals surface area (Å²) in [6.45, 7) is 4.07. The van der Waals surface area contributed by atoms with Crippen LogP contribution < -0.4 is 10.6 Å². The number of nitrogens with zero attached hydrogens (tertiary/aromatic N) is 2. The molecule has 5 heteroatoms. The van der Waals surface area contributed by atoms with E-state index >= 15 is 0 Å². The molecular weight excluding hydrogens is 270 g/mol. The van der Waals surface area contributed by atoms with E-state index < -0.39 is 0 Å². The fraction of sp³-hybridized carbons (Fsp3) is 0.400. The van der Waals surface area contributed by atoms with E-state index in [1.54, 1.807) is 11.3 Å². The molecule has 0 atom stereocenters. The minimum absolute atomic E-state index is 0.657. The maximum absolute atomic E-state index is 5.74. The van der Waals surface area contributed by atoms with Crippen molar-refractivity contribution in [1.82, 2.24) is 4.98 Å². The van der Waals surface area contributed by atoms with Crippen molar-refractivity contribution in [2.75, 3.05) is 37.7 Å². The number of benzene rings is 1. The third-order valence-corrected chi connectivity index (χ3v) is 4.56. The van der Waals surface area contributed by atoms with Gasteiger partial charge in [-0.25, -0.2) is 4.98 Å². The molecule has 1 fully saturated rings. The van der Waals surface area contributed by atoms with Gasteiger partial charge in [0.05, 0.1) is 18.9 Å². The van der Waals surface area contributed by atoms with Crippen LogP contribution in [0.3, 0.4) is 0 Å². The van der Waals surface area contributed by atoms with E-state index in [-0.39, 0.29) is 0 Å². The fourth-order valence-electron chi connectivity index (χ4n) is 2.35. The van der Waals surface area contributed by atoms with E-state index in [1.165, 1.54) is 10.4 Å². The van der Waals surface area contributed by atoms with E-state index in [0.717, 1.165) is 43.5 Å². The monoisotopic (exact) mass is 289 g/mol. The van der Waals surface area contributed by atoms with Crippen molar-refractivity contribution < 1.29 is 4.74 Å². The first-order chi connectivity index (χ1) is 9.88. The van der Waals surface area contributed by atoms with Gasteiger partial charge in [-0.2, -0.15) is 0 Å². The molecule has 0 unspecified atom stereocenters. The average Bonchev–Trinajstić information content (AvgIpc) is 2.94. The maximum Gasteiger partial charge on any atom is 0.186 e. The molecule has 0 saturated carbocycles. The highest BCUT2D eigenvalue weighted by atomic mass is 32.1. The van der Waals surface area contributed by atoms with E-state index in [1.807, 2.05) is 6.07 Å². The minimum Gasteiger partial charge on any atom is -0.378 e. The molecule has 4 nitrogen and oxygen atoms in total. The Morgan fingerprint density at radius 3 is 2.65 bits per heavy atom. The van der Waals surface area contributed by atoms with E-state index in [0.29, 0.717) is 6.54 Å². The van der Waals surface area contributed by atoms with Crippen LogP contribution in [0.15, 0.2) is 30.3 Å². The largest absolute Gasteiger partial charge is 0.378 e. The molecule has 3 rings (SSSR count). The summed E-state index contributed by atoms with van der Waals surface area (Å²) in [6.07, 6.45) is 0.881. The average molecular weight is 289 g/mol. The highest BCUT2D eigenvalue weighted by Crippen LogP contribution is 2.33. The Hall–Kier alpha value is -1.43. The second-order valence-electron chi connectivity index (χ2n) is 4.77. The van der Waals surface area contributed by atoms with Crippen molar-refractivity contribution in [3.63, 3.8) is 0 Å². The second kappa shape index (κ2) is 6.35. The van der Waals surface area contributed by atoms with Gasteiger partial charge in [-0.05, 0) is 13.0 Å². The van der Waals surface area contributed by atoms with E-state index in [4.69, 9.17) is 15.5 Å². The topological polar surface area (TPSA) is 51.4 Å². The Labute approximate surface area is 123 Å². The van der Waals surface area contributed by atoms with Crippen molar-refractivity contribution in [1.29, 1.82) is 0 Å².